The topological polar surface area (TPSA) is 72.9 Å². The highest BCUT2D eigenvalue weighted by molar-refractivity contribution is 5.84. The first-order valence-corrected chi connectivity index (χ1v) is 6.54. The maximum atomic E-state index is 5.96. The van der Waals surface area contributed by atoms with Gasteiger partial charge < -0.3 is 5.73 Å². The van der Waals surface area contributed by atoms with Gasteiger partial charge in [0.2, 0.25) is 0 Å². The van der Waals surface area contributed by atoms with E-state index in [1.54, 1.807) is 10.9 Å². The lowest BCUT2D eigenvalue weighted by molar-refractivity contribution is 0.196. The molecule has 6 heteroatoms. The molecule has 6 nitrogen and oxygen atoms in total. The molecule has 0 radical (unpaired) electrons. The van der Waals surface area contributed by atoms with Crippen LogP contribution < -0.4 is 5.73 Å². The average molecular weight is 262 g/mol. The quantitative estimate of drug-likeness (QED) is 0.902. The minimum Gasteiger partial charge on any atom is -0.383 e. The van der Waals surface area contributed by atoms with Crippen molar-refractivity contribution in [1.82, 2.24) is 24.6 Å². The van der Waals surface area contributed by atoms with Crippen LogP contribution in [0.25, 0.3) is 11.0 Å². The van der Waals surface area contributed by atoms with E-state index in [0.29, 0.717) is 24.3 Å². The Labute approximate surface area is 113 Å². The van der Waals surface area contributed by atoms with E-state index in [1.165, 1.54) is 0 Å². The molecule has 1 unspecified atom stereocenters. The van der Waals surface area contributed by atoms with Crippen LogP contribution in [0.15, 0.2) is 6.20 Å². The molecule has 1 atom stereocenters. The van der Waals surface area contributed by atoms with Crippen LogP contribution in [0, 0.1) is 5.92 Å². The number of rotatable bonds is 4. The third-order valence-corrected chi connectivity index (χ3v) is 3.72. The SMILES string of the molecule is CC(C)C(C)N(C)Cc1nc(N)c2cnn(C)c2n1. The summed E-state index contributed by atoms with van der Waals surface area (Å²) < 4.78 is 1.72. The predicted octanol–water partition coefficient (Wildman–Crippen LogP) is 1.42. The summed E-state index contributed by atoms with van der Waals surface area (Å²) in [5.74, 6) is 1.82. The molecule has 0 spiro atoms. The molecule has 0 fully saturated rings. The minimum absolute atomic E-state index is 0.465. The number of aryl methyl sites for hydroxylation is 1. The van der Waals surface area contributed by atoms with Crippen molar-refractivity contribution in [3.05, 3.63) is 12.0 Å². The molecule has 2 aromatic heterocycles. The van der Waals surface area contributed by atoms with E-state index in [-0.39, 0.29) is 0 Å². The molecule has 2 heterocycles. The molecule has 19 heavy (non-hydrogen) atoms. The van der Waals surface area contributed by atoms with Crippen LogP contribution in [0.2, 0.25) is 0 Å². The van der Waals surface area contributed by atoms with Crippen molar-refractivity contribution in [2.75, 3.05) is 12.8 Å². The van der Waals surface area contributed by atoms with Gasteiger partial charge in [0, 0.05) is 13.1 Å². The second-order valence-corrected chi connectivity index (χ2v) is 5.43. The molecule has 0 aliphatic heterocycles. The largest absolute Gasteiger partial charge is 0.383 e. The van der Waals surface area contributed by atoms with Crippen LogP contribution in [0.5, 0.6) is 0 Å². The second kappa shape index (κ2) is 5.13. The van der Waals surface area contributed by atoms with E-state index >= 15 is 0 Å². The van der Waals surface area contributed by atoms with Gasteiger partial charge in [0.1, 0.15) is 11.6 Å². The molecule has 0 saturated carbocycles. The molecule has 0 bridgehead atoms. The molecule has 0 amide bonds. The molecule has 0 aliphatic carbocycles. The average Bonchev–Trinajstić information content (AvgIpc) is 2.70. The maximum Gasteiger partial charge on any atom is 0.163 e. The van der Waals surface area contributed by atoms with Gasteiger partial charge in [-0.25, -0.2) is 9.97 Å². The Morgan fingerprint density at radius 1 is 1.32 bits per heavy atom. The predicted molar refractivity (Wildman–Crippen MR) is 76.5 cm³/mol. The van der Waals surface area contributed by atoms with Crippen LogP contribution in [-0.2, 0) is 13.6 Å². The Hall–Kier alpha value is -1.69. The Morgan fingerprint density at radius 2 is 2.00 bits per heavy atom. The van der Waals surface area contributed by atoms with Crippen LogP contribution in [-0.4, -0.2) is 37.7 Å². The number of hydrogen-bond acceptors (Lipinski definition) is 5. The summed E-state index contributed by atoms with van der Waals surface area (Å²) in [5, 5.41) is 4.97. The Bertz CT molecular complexity index is 574. The fourth-order valence-electron chi connectivity index (χ4n) is 2.04. The van der Waals surface area contributed by atoms with E-state index in [1.807, 2.05) is 7.05 Å². The molecule has 2 rings (SSSR count). The zero-order valence-corrected chi connectivity index (χ0v) is 12.3. The third-order valence-electron chi connectivity index (χ3n) is 3.72. The summed E-state index contributed by atoms with van der Waals surface area (Å²) in [6.07, 6.45) is 1.70. The minimum atomic E-state index is 0.465. The standard InChI is InChI=1S/C13H22N6/c1-8(2)9(3)18(4)7-11-16-12(14)10-6-15-19(5)13(10)17-11/h6,8-9H,7H2,1-5H3,(H2,14,16,17). The summed E-state index contributed by atoms with van der Waals surface area (Å²) in [6, 6.07) is 0.465. The molecule has 0 saturated heterocycles. The number of fused-ring (bicyclic) bond motifs is 1. The van der Waals surface area contributed by atoms with Gasteiger partial charge in [0.05, 0.1) is 18.1 Å². The van der Waals surface area contributed by atoms with E-state index in [4.69, 9.17) is 5.73 Å². The smallest absolute Gasteiger partial charge is 0.163 e. The van der Waals surface area contributed by atoms with E-state index in [2.05, 4.69) is 47.8 Å². The van der Waals surface area contributed by atoms with E-state index < -0.39 is 0 Å². The van der Waals surface area contributed by atoms with Crippen molar-refractivity contribution in [3.63, 3.8) is 0 Å². The Balaban J connectivity index is 2.28. The highest BCUT2D eigenvalue weighted by Crippen LogP contribution is 2.18. The van der Waals surface area contributed by atoms with Gasteiger partial charge in [0.15, 0.2) is 5.65 Å². The fraction of sp³-hybridized carbons (Fsp3) is 0.615. The molecule has 2 N–H and O–H groups in total. The summed E-state index contributed by atoms with van der Waals surface area (Å²) in [4.78, 5) is 11.2. The summed E-state index contributed by atoms with van der Waals surface area (Å²) >= 11 is 0. The van der Waals surface area contributed by atoms with Gasteiger partial charge in [0.25, 0.3) is 0 Å². The number of nitrogen functional groups attached to an aromatic ring is 1. The first-order chi connectivity index (χ1) is 8.90. The second-order valence-electron chi connectivity index (χ2n) is 5.43. The van der Waals surface area contributed by atoms with Crippen LogP contribution in [0.1, 0.15) is 26.6 Å². The third kappa shape index (κ3) is 2.68. The van der Waals surface area contributed by atoms with Crippen LogP contribution in [0.4, 0.5) is 5.82 Å². The van der Waals surface area contributed by atoms with Crippen LogP contribution in [0.3, 0.4) is 0 Å². The molecule has 0 aliphatic rings. The lowest BCUT2D eigenvalue weighted by Crippen LogP contribution is -2.33. The molecule has 0 aromatic carbocycles. The van der Waals surface area contributed by atoms with Crippen molar-refractivity contribution in [2.24, 2.45) is 13.0 Å². The lowest BCUT2D eigenvalue weighted by Gasteiger charge is -2.27. The molecular formula is C13H22N6. The first-order valence-electron chi connectivity index (χ1n) is 6.54. The van der Waals surface area contributed by atoms with Gasteiger partial charge in [-0.15, -0.1) is 0 Å². The fourth-order valence-corrected chi connectivity index (χ4v) is 2.04. The number of hydrogen-bond donors (Lipinski definition) is 1. The van der Waals surface area contributed by atoms with Crippen molar-refractivity contribution < 1.29 is 0 Å². The maximum absolute atomic E-state index is 5.96. The zero-order valence-electron chi connectivity index (χ0n) is 12.3. The van der Waals surface area contributed by atoms with Crippen molar-refractivity contribution in [2.45, 2.75) is 33.4 Å². The van der Waals surface area contributed by atoms with Crippen molar-refractivity contribution in [1.29, 1.82) is 0 Å². The van der Waals surface area contributed by atoms with Crippen LogP contribution >= 0.6 is 0 Å². The number of nitrogens with zero attached hydrogens (tertiary/aromatic N) is 5. The molecule has 104 valence electrons. The van der Waals surface area contributed by atoms with Crippen molar-refractivity contribution >= 4 is 16.9 Å². The molecular weight excluding hydrogens is 240 g/mol. The summed E-state index contributed by atoms with van der Waals surface area (Å²) in [5.41, 5.74) is 6.74. The van der Waals surface area contributed by atoms with Crippen molar-refractivity contribution in [3.8, 4) is 0 Å². The Morgan fingerprint density at radius 3 is 2.63 bits per heavy atom. The highest BCUT2D eigenvalue weighted by Gasteiger charge is 2.16. The molecule has 2 aromatic rings. The van der Waals surface area contributed by atoms with Gasteiger partial charge in [-0.1, -0.05) is 13.8 Å². The number of aromatic nitrogens is 4. The summed E-state index contributed by atoms with van der Waals surface area (Å²) in [7, 11) is 3.94. The monoisotopic (exact) mass is 262 g/mol. The number of nitrogens with two attached hydrogens (primary N) is 1. The highest BCUT2D eigenvalue weighted by atomic mass is 15.3. The summed E-state index contributed by atoms with van der Waals surface area (Å²) in [6.45, 7) is 7.31. The number of anilines is 1. The van der Waals surface area contributed by atoms with E-state index in [0.717, 1.165) is 16.9 Å². The lowest BCUT2D eigenvalue weighted by atomic mass is 10.1. The van der Waals surface area contributed by atoms with Gasteiger partial charge in [-0.05, 0) is 19.9 Å². The Kier molecular flexibility index (Phi) is 3.71. The van der Waals surface area contributed by atoms with E-state index in [9.17, 15) is 0 Å². The van der Waals surface area contributed by atoms with Gasteiger partial charge in [-0.3, -0.25) is 9.58 Å². The normalized spacial score (nSPS) is 13.6. The zero-order chi connectivity index (χ0) is 14.2. The van der Waals surface area contributed by atoms with Gasteiger partial charge >= 0.3 is 0 Å². The van der Waals surface area contributed by atoms with Gasteiger partial charge in [-0.2, -0.15) is 5.10 Å². The first kappa shape index (κ1) is 13.7.